The molecule has 0 unspecified atom stereocenters. The quantitative estimate of drug-likeness (QED) is 0.847. The molecule has 102 valence electrons. The molecule has 0 aromatic heterocycles. The Morgan fingerprint density at radius 2 is 2.00 bits per heavy atom. The van der Waals surface area contributed by atoms with Crippen LogP contribution in [0.5, 0.6) is 0 Å². The third-order valence-corrected chi connectivity index (χ3v) is 3.96. The number of aryl methyl sites for hydroxylation is 1. The first-order valence-corrected chi connectivity index (χ1v) is 7.16. The SMILES string of the molecule is CC1=NN(c2cc(C)c(S(=O)(=O)O)cc2Cl)C(=O)C1. The van der Waals surface area contributed by atoms with E-state index in [4.69, 9.17) is 16.2 Å². The van der Waals surface area contributed by atoms with Crippen molar-refractivity contribution in [1.82, 2.24) is 0 Å². The Morgan fingerprint density at radius 1 is 1.37 bits per heavy atom. The summed E-state index contributed by atoms with van der Waals surface area (Å²) in [5.74, 6) is -0.238. The summed E-state index contributed by atoms with van der Waals surface area (Å²) in [6.07, 6.45) is 0.204. The van der Waals surface area contributed by atoms with Crippen molar-refractivity contribution in [2.75, 3.05) is 5.01 Å². The number of amides is 1. The van der Waals surface area contributed by atoms with Gasteiger partial charge in [-0.2, -0.15) is 18.5 Å². The number of rotatable bonds is 2. The van der Waals surface area contributed by atoms with E-state index in [9.17, 15) is 13.2 Å². The van der Waals surface area contributed by atoms with E-state index >= 15 is 0 Å². The lowest BCUT2D eigenvalue weighted by molar-refractivity contribution is -0.116. The van der Waals surface area contributed by atoms with Crippen LogP contribution in [0.1, 0.15) is 18.9 Å². The van der Waals surface area contributed by atoms with Crippen molar-refractivity contribution >= 4 is 39.0 Å². The number of nitrogens with zero attached hydrogens (tertiary/aromatic N) is 2. The first-order chi connectivity index (χ1) is 8.70. The van der Waals surface area contributed by atoms with E-state index in [0.29, 0.717) is 11.4 Å². The first kappa shape index (κ1) is 14.0. The molecular formula is C11H11ClN2O4S. The molecule has 2 rings (SSSR count). The zero-order valence-corrected chi connectivity index (χ0v) is 11.8. The second kappa shape index (κ2) is 4.59. The minimum Gasteiger partial charge on any atom is -0.282 e. The Balaban J connectivity index is 2.57. The predicted molar refractivity (Wildman–Crippen MR) is 71.2 cm³/mol. The van der Waals surface area contributed by atoms with Gasteiger partial charge in [0.2, 0.25) is 0 Å². The molecule has 8 heteroatoms. The Labute approximate surface area is 115 Å². The Hall–Kier alpha value is -1.44. The van der Waals surface area contributed by atoms with E-state index in [-0.39, 0.29) is 27.8 Å². The molecule has 1 aromatic rings. The maximum Gasteiger partial charge on any atom is 0.294 e. The summed E-state index contributed by atoms with van der Waals surface area (Å²) in [4.78, 5) is 11.4. The molecule has 1 aliphatic rings. The van der Waals surface area contributed by atoms with Crippen molar-refractivity contribution in [1.29, 1.82) is 0 Å². The molecule has 6 nitrogen and oxygen atoms in total. The summed E-state index contributed by atoms with van der Waals surface area (Å²) in [6, 6.07) is 2.52. The van der Waals surface area contributed by atoms with Gasteiger partial charge in [0.1, 0.15) is 0 Å². The van der Waals surface area contributed by atoms with E-state index in [1.807, 2.05) is 0 Å². The van der Waals surface area contributed by atoms with E-state index in [2.05, 4.69) is 5.10 Å². The van der Waals surface area contributed by atoms with Crippen LogP contribution >= 0.6 is 11.6 Å². The average molecular weight is 303 g/mol. The van der Waals surface area contributed by atoms with Crippen LogP contribution in [0, 0.1) is 6.92 Å². The highest BCUT2D eigenvalue weighted by molar-refractivity contribution is 7.85. The molecule has 19 heavy (non-hydrogen) atoms. The number of anilines is 1. The zero-order chi connectivity index (χ0) is 14.4. The highest BCUT2D eigenvalue weighted by atomic mass is 35.5. The van der Waals surface area contributed by atoms with Crippen molar-refractivity contribution in [2.24, 2.45) is 5.10 Å². The highest BCUT2D eigenvalue weighted by Gasteiger charge is 2.26. The van der Waals surface area contributed by atoms with Crippen LogP contribution in [0.4, 0.5) is 5.69 Å². The summed E-state index contributed by atoms with van der Waals surface area (Å²) >= 11 is 5.96. The van der Waals surface area contributed by atoms with Gasteiger partial charge in [0, 0.05) is 5.71 Å². The fraction of sp³-hybridized carbons (Fsp3) is 0.273. The number of carbonyl (C=O) groups excluding carboxylic acids is 1. The molecule has 0 saturated heterocycles. The Kier molecular flexibility index (Phi) is 3.38. The number of hydrogen-bond donors (Lipinski definition) is 1. The van der Waals surface area contributed by atoms with E-state index in [0.717, 1.165) is 11.1 Å². The van der Waals surface area contributed by atoms with Crippen molar-refractivity contribution in [3.05, 3.63) is 22.7 Å². The van der Waals surface area contributed by atoms with Gasteiger partial charge in [0.25, 0.3) is 16.0 Å². The van der Waals surface area contributed by atoms with Crippen LogP contribution in [-0.4, -0.2) is 24.6 Å². The van der Waals surface area contributed by atoms with Crippen molar-refractivity contribution in [3.8, 4) is 0 Å². The maximum atomic E-state index is 11.7. The van der Waals surface area contributed by atoms with Crippen molar-refractivity contribution in [3.63, 3.8) is 0 Å². The smallest absolute Gasteiger partial charge is 0.282 e. The van der Waals surface area contributed by atoms with Gasteiger partial charge in [-0.1, -0.05) is 11.6 Å². The lowest BCUT2D eigenvalue weighted by Crippen LogP contribution is -2.20. The third kappa shape index (κ3) is 2.63. The van der Waals surface area contributed by atoms with Gasteiger partial charge in [0.15, 0.2) is 0 Å². The molecule has 0 fully saturated rings. The number of benzene rings is 1. The topological polar surface area (TPSA) is 87.0 Å². The second-order valence-corrected chi connectivity index (χ2v) is 6.06. The first-order valence-electron chi connectivity index (χ1n) is 5.35. The Bertz CT molecular complexity index is 697. The van der Waals surface area contributed by atoms with Crippen LogP contribution in [0.15, 0.2) is 22.1 Å². The molecule has 1 N–H and O–H groups in total. The fourth-order valence-corrected chi connectivity index (χ4v) is 2.87. The van der Waals surface area contributed by atoms with Crippen LogP contribution < -0.4 is 5.01 Å². The van der Waals surface area contributed by atoms with E-state index in [1.54, 1.807) is 6.92 Å². The van der Waals surface area contributed by atoms with E-state index in [1.165, 1.54) is 13.0 Å². The molecule has 0 saturated carbocycles. The van der Waals surface area contributed by atoms with Crippen LogP contribution in [0.3, 0.4) is 0 Å². The molecule has 0 spiro atoms. The van der Waals surface area contributed by atoms with Gasteiger partial charge >= 0.3 is 0 Å². The molecule has 1 aliphatic heterocycles. The van der Waals surface area contributed by atoms with Gasteiger partial charge in [-0.3, -0.25) is 9.35 Å². The lowest BCUT2D eigenvalue weighted by atomic mass is 10.2. The van der Waals surface area contributed by atoms with Crippen LogP contribution in [-0.2, 0) is 14.9 Å². The molecule has 0 bridgehead atoms. The molecule has 1 amide bonds. The van der Waals surface area contributed by atoms with Crippen molar-refractivity contribution in [2.45, 2.75) is 25.2 Å². The molecule has 1 heterocycles. The van der Waals surface area contributed by atoms with Crippen LogP contribution in [0.2, 0.25) is 5.02 Å². The summed E-state index contributed by atoms with van der Waals surface area (Å²) in [5.41, 5.74) is 1.24. The molecule has 0 aliphatic carbocycles. The monoisotopic (exact) mass is 302 g/mol. The van der Waals surface area contributed by atoms with Gasteiger partial charge in [-0.25, -0.2) is 0 Å². The number of hydrogen-bond acceptors (Lipinski definition) is 4. The molecule has 1 aromatic carbocycles. The molecule has 0 radical (unpaired) electrons. The maximum absolute atomic E-state index is 11.7. The summed E-state index contributed by atoms with van der Waals surface area (Å²) in [5, 5.41) is 5.21. The summed E-state index contributed by atoms with van der Waals surface area (Å²) < 4.78 is 31.3. The summed E-state index contributed by atoms with van der Waals surface area (Å²) in [7, 11) is -4.34. The standard InChI is InChI=1S/C11H11ClN2O4S/c1-6-3-9(14-11(15)4-7(2)13-14)8(12)5-10(6)19(16,17)18/h3,5H,4H2,1-2H3,(H,16,17,18). The van der Waals surface area contributed by atoms with Gasteiger partial charge in [-0.15, -0.1) is 0 Å². The number of hydrazone groups is 1. The number of halogens is 1. The van der Waals surface area contributed by atoms with E-state index < -0.39 is 10.1 Å². The predicted octanol–water partition coefficient (Wildman–Crippen LogP) is 2.01. The van der Waals surface area contributed by atoms with Gasteiger partial charge < -0.3 is 0 Å². The van der Waals surface area contributed by atoms with Gasteiger partial charge in [0.05, 0.1) is 22.0 Å². The largest absolute Gasteiger partial charge is 0.294 e. The molecule has 0 atom stereocenters. The average Bonchev–Trinajstić information content (AvgIpc) is 2.59. The fourth-order valence-electron chi connectivity index (χ4n) is 1.83. The van der Waals surface area contributed by atoms with Crippen LogP contribution in [0.25, 0.3) is 0 Å². The Morgan fingerprint density at radius 3 is 2.47 bits per heavy atom. The lowest BCUT2D eigenvalue weighted by Gasteiger charge is -2.15. The normalized spacial score (nSPS) is 15.9. The third-order valence-electron chi connectivity index (χ3n) is 2.66. The zero-order valence-electron chi connectivity index (χ0n) is 10.2. The second-order valence-electron chi connectivity index (χ2n) is 4.26. The minimum atomic E-state index is -4.34. The molecular weight excluding hydrogens is 292 g/mol. The van der Waals surface area contributed by atoms with Gasteiger partial charge in [-0.05, 0) is 31.5 Å². The number of carbonyl (C=O) groups is 1. The summed E-state index contributed by atoms with van der Waals surface area (Å²) in [6.45, 7) is 3.21. The minimum absolute atomic E-state index is 0.0324. The van der Waals surface area contributed by atoms with Crippen molar-refractivity contribution < 1.29 is 17.8 Å². The highest BCUT2D eigenvalue weighted by Crippen LogP contribution is 2.33.